The van der Waals surface area contributed by atoms with E-state index >= 15 is 0 Å². The summed E-state index contributed by atoms with van der Waals surface area (Å²) in [6.07, 6.45) is 0. The van der Waals surface area contributed by atoms with Crippen LogP contribution < -0.4 is 9.47 Å². The third kappa shape index (κ3) is 2.64. The molecule has 3 nitrogen and oxygen atoms in total. The average Bonchev–Trinajstić information content (AvgIpc) is 2.46. The zero-order valence-electron chi connectivity index (χ0n) is 11.6. The molecular weight excluding hydrogens is 259 g/mol. The first-order chi connectivity index (χ1) is 9.56. The number of hydrogen-bond acceptors (Lipinski definition) is 3. The molecule has 0 heterocycles. The van der Waals surface area contributed by atoms with Crippen LogP contribution >= 0.6 is 0 Å². The molecule has 2 rings (SSSR count). The van der Waals surface area contributed by atoms with E-state index < -0.39 is 5.82 Å². The molecular formula is C16H15FO3. The minimum absolute atomic E-state index is 0.0698. The van der Waals surface area contributed by atoms with Crippen molar-refractivity contribution in [2.75, 3.05) is 14.2 Å². The summed E-state index contributed by atoms with van der Waals surface area (Å²) in [5, 5.41) is 0. The van der Waals surface area contributed by atoms with Gasteiger partial charge in [-0.15, -0.1) is 0 Å². The van der Waals surface area contributed by atoms with Gasteiger partial charge in [0.1, 0.15) is 17.3 Å². The monoisotopic (exact) mass is 274 g/mol. The summed E-state index contributed by atoms with van der Waals surface area (Å²) in [5.74, 6) is 0.440. The number of Topliss-reactive ketones (excluding diaryl/α,β-unsaturated/α-hetero) is 1. The fourth-order valence-electron chi connectivity index (χ4n) is 2.00. The molecule has 0 unspecified atom stereocenters. The Morgan fingerprint density at radius 1 is 1.05 bits per heavy atom. The van der Waals surface area contributed by atoms with Gasteiger partial charge in [-0.3, -0.25) is 4.79 Å². The summed E-state index contributed by atoms with van der Waals surface area (Å²) in [7, 11) is 3.12. The molecule has 0 amide bonds. The molecule has 20 heavy (non-hydrogen) atoms. The molecule has 104 valence electrons. The van der Waals surface area contributed by atoms with Crippen molar-refractivity contribution in [3.05, 3.63) is 47.8 Å². The molecule has 0 aliphatic heterocycles. The van der Waals surface area contributed by atoms with Crippen LogP contribution in [-0.4, -0.2) is 20.0 Å². The molecule has 0 aliphatic rings. The number of carbonyl (C=O) groups excluding carboxylic acids is 1. The summed E-state index contributed by atoms with van der Waals surface area (Å²) in [6.45, 7) is 1.34. The van der Waals surface area contributed by atoms with E-state index in [4.69, 9.17) is 9.47 Å². The lowest BCUT2D eigenvalue weighted by molar-refractivity contribution is 0.101. The number of hydrogen-bond donors (Lipinski definition) is 0. The number of benzene rings is 2. The smallest absolute Gasteiger partial charge is 0.162 e. The first kappa shape index (κ1) is 14.1. The lowest BCUT2D eigenvalue weighted by atomic mass is 10.00. The second kappa shape index (κ2) is 5.74. The maximum Gasteiger partial charge on any atom is 0.162 e. The Kier molecular flexibility index (Phi) is 4.03. The van der Waals surface area contributed by atoms with Crippen molar-refractivity contribution >= 4 is 5.78 Å². The molecule has 2 aromatic carbocycles. The predicted octanol–water partition coefficient (Wildman–Crippen LogP) is 3.71. The van der Waals surface area contributed by atoms with Crippen LogP contribution in [0.5, 0.6) is 11.5 Å². The van der Waals surface area contributed by atoms with Crippen molar-refractivity contribution in [2.24, 2.45) is 0 Å². The van der Waals surface area contributed by atoms with E-state index in [2.05, 4.69) is 0 Å². The van der Waals surface area contributed by atoms with Gasteiger partial charge in [-0.2, -0.15) is 0 Å². The molecule has 0 bridgehead atoms. The lowest BCUT2D eigenvalue weighted by Gasteiger charge is -2.11. The standard InChI is InChI=1S/C16H15FO3/c1-10(18)14-8-11(4-7-15(14)17)13-6-5-12(19-2)9-16(13)20-3/h4-9H,1-3H3. The molecule has 0 atom stereocenters. The highest BCUT2D eigenvalue weighted by Crippen LogP contribution is 2.34. The Morgan fingerprint density at radius 2 is 1.80 bits per heavy atom. The molecule has 0 spiro atoms. The summed E-state index contributed by atoms with van der Waals surface area (Å²) in [4.78, 5) is 11.4. The molecule has 4 heteroatoms. The number of ketones is 1. The van der Waals surface area contributed by atoms with Gasteiger partial charge < -0.3 is 9.47 Å². The van der Waals surface area contributed by atoms with E-state index in [1.807, 2.05) is 6.07 Å². The molecule has 0 fully saturated rings. The van der Waals surface area contributed by atoms with E-state index in [-0.39, 0.29) is 11.3 Å². The van der Waals surface area contributed by atoms with Crippen molar-refractivity contribution in [1.82, 2.24) is 0 Å². The zero-order valence-corrected chi connectivity index (χ0v) is 11.6. The Hall–Kier alpha value is -2.36. The van der Waals surface area contributed by atoms with Gasteiger partial charge in [0.25, 0.3) is 0 Å². The third-order valence-corrected chi connectivity index (χ3v) is 3.07. The van der Waals surface area contributed by atoms with Crippen molar-refractivity contribution in [3.8, 4) is 22.6 Å². The van der Waals surface area contributed by atoms with Crippen LogP contribution in [0.15, 0.2) is 36.4 Å². The third-order valence-electron chi connectivity index (χ3n) is 3.07. The van der Waals surface area contributed by atoms with Gasteiger partial charge in [-0.25, -0.2) is 4.39 Å². The van der Waals surface area contributed by atoms with Crippen LogP contribution in [0.2, 0.25) is 0 Å². The Balaban J connectivity index is 2.56. The highest BCUT2D eigenvalue weighted by Gasteiger charge is 2.12. The topological polar surface area (TPSA) is 35.5 Å². The zero-order chi connectivity index (χ0) is 14.7. The van der Waals surface area contributed by atoms with Crippen LogP contribution in [0.3, 0.4) is 0 Å². The van der Waals surface area contributed by atoms with Gasteiger partial charge in [0.2, 0.25) is 0 Å². The number of ether oxygens (including phenoxy) is 2. The molecule has 0 aliphatic carbocycles. The number of rotatable bonds is 4. The van der Waals surface area contributed by atoms with Crippen molar-refractivity contribution in [3.63, 3.8) is 0 Å². The quantitative estimate of drug-likeness (QED) is 0.797. The van der Waals surface area contributed by atoms with Crippen molar-refractivity contribution < 1.29 is 18.7 Å². The molecule has 0 saturated heterocycles. The van der Waals surface area contributed by atoms with Gasteiger partial charge >= 0.3 is 0 Å². The number of carbonyl (C=O) groups is 1. The maximum absolute atomic E-state index is 13.6. The van der Waals surface area contributed by atoms with E-state index in [1.54, 1.807) is 32.4 Å². The van der Waals surface area contributed by atoms with Crippen LogP contribution in [0.25, 0.3) is 11.1 Å². The Morgan fingerprint density at radius 3 is 2.40 bits per heavy atom. The fraction of sp³-hybridized carbons (Fsp3) is 0.188. The molecule has 0 aromatic heterocycles. The van der Waals surface area contributed by atoms with E-state index in [0.29, 0.717) is 11.5 Å². The van der Waals surface area contributed by atoms with Gasteiger partial charge in [0, 0.05) is 11.6 Å². The normalized spacial score (nSPS) is 10.2. The molecule has 0 radical (unpaired) electrons. The summed E-state index contributed by atoms with van der Waals surface area (Å²) < 4.78 is 24.0. The van der Waals surface area contributed by atoms with Gasteiger partial charge in [-0.1, -0.05) is 6.07 Å². The second-order valence-electron chi connectivity index (χ2n) is 4.32. The fourth-order valence-corrected chi connectivity index (χ4v) is 2.00. The van der Waals surface area contributed by atoms with E-state index in [0.717, 1.165) is 11.1 Å². The first-order valence-corrected chi connectivity index (χ1v) is 6.09. The Bertz CT molecular complexity index is 650. The van der Waals surface area contributed by atoms with Crippen LogP contribution in [-0.2, 0) is 0 Å². The van der Waals surface area contributed by atoms with Crippen LogP contribution in [0, 0.1) is 5.82 Å². The number of methoxy groups -OCH3 is 2. The average molecular weight is 274 g/mol. The SMILES string of the molecule is COc1ccc(-c2ccc(F)c(C(C)=O)c2)c(OC)c1. The highest BCUT2D eigenvalue weighted by atomic mass is 19.1. The molecule has 2 aromatic rings. The minimum Gasteiger partial charge on any atom is -0.497 e. The Labute approximate surface area is 117 Å². The van der Waals surface area contributed by atoms with Crippen LogP contribution in [0.4, 0.5) is 4.39 Å². The van der Waals surface area contributed by atoms with E-state index in [1.165, 1.54) is 19.1 Å². The number of halogens is 1. The van der Waals surface area contributed by atoms with E-state index in [9.17, 15) is 9.18 Å². The lowest BCUT2D eigenvalue weighted by Crippen LogP contribution is -1.98. The summed E-state index contributed by atoms with van der Waals surface area (Å²) in [5.41, 5.74) is 1.56. The van der Waals surface area contributed by atoms with Gasteiger partial charge in [0.05, 0.1) is 19.8 Å². The largest absolute Gasteiger partial charge is 0.497 e. The van der Waals surface area contributed by atoms with Gasteiger partial charge in [0.15, 0.2) is 5.78 Å². The highest BCUT2D eigenvalue weighted by molar-refractivity contribution is 5.95. The van der Waals surface area contributed by atoms with Crippen molar-refractivity contribution in [2.45, 2.75) is 6.92 Å². The minimum atomic E-state index is -0.520. The maximum atomic E-state index is 13.6. The summed E-state index contributed by atoms with van der Waals surface area (Å²) in [6, 6.07) is 9.78. The summed E-state index contributed by atoms with van der Waals surface area (Å²) >= 11 is 0. The van der Waals surface area contributed by atoms with Gasteiger partial charge in [-0.05, 0) is 36.8 Å². The first-order valence-electron chi connectivity index (χ1n) is 6.09. The molecule has 0 N–H and O–H groups in total. The molecule has 0 saturated carbocycles. The second-order valence-corrected chi connectivity index (χ2v) is 4.32. The predicted molar refractivity (Wildman–Crippen MR) is 74.9 cm³/mol. The van der Waals surface area contributed by atoms with Crippen molar-refractivity contribution in [1.29, 1.82) is 0 Å². The van der Waals surface area contributed by atoms with Crippen LogP contribution in [0.1, 0.15) is 17.3 Å².